The van der Waals surface area contributed by atoms with Gasteiger partial charge in [-0.05, 0) is 43.5 Å². The highest BCUT2D eigenvalue weighted by Crippen LogP contribution is 2.26. The highest BCUT2D eigenvalue weighted by molar-refractivity contribution is 6.06. The Kier molecular flexibility index (Phi) is 5.90. The molecule has 0 saturated heterocycles. The second kappa shape index (κ2) is 9.17. The molecule has 0 aliphatic heterocycles. The monoisotopic (exact) mass is 470 g/mol. The lowest BCUT2D eigenvalue weighted by molar-refractivity contribution is -0.116. The molecule has 0 aliphatic carbocycles. The standard InChI is InChI=1S/C26H26N6O3/c1-4-8-21-29-23(35-30-21)14-31-15-27-24-18-10-5-6-12-20(18)32(25(24)26(31)34)13-22(33)28-19-11-7-9-16(2)17(19)3/h5-7,9-12,15H,4,8,13-14H2,1-3H3,(H,28,33). The number of fused-ring (bicyclic) bond motifs is 3. The molecule has 5 rings (SSSR count). The highest BCUT2D eigenvalue weighted by Gasteiger charge is 2.19. The van der Waals surface area contributed by atoms with Gasteiger partial charge >= 0.3 is 0 Å². The van der Waals surface area contributed by atoms with Crippen LogP contribution in [0.3, 0.4) is 0 Å². The third kappa shape index (κ3) is 4.21. The van der Waals surface area contributed by atoms with Crippen LogP contribution in [0.25, 0.3) is 21.9 Å². The van der Waals surface area contributed by atoms with Crippen molar-refractivity contribution in [3.05, 3.63) is 82.0 Å². The molecule has 0 saturated carbocycles. The summed E-state index contributed by atoms with van der Waals surface area (Å²) in [6.45, 7) is 6.08. The number of nitrogens with zero attached hydrogens (tertiary/aromatic N) is 5. The van der Waals surface area contributed by atoms with Gasteiger partial charge in [-0.3, -0.25) is 14.2 Å². The third-order valence-corrected chi connectivity index (χ3v) is 6.20. The van der Waals surface area contributed by atoms with Crippen molar-refractivity contribution in [3.63, 3.8) is 0 Å². The summed E-state index contributed by atoms with van der Waals surface area (Å²) >= 11 is 0. The molecule has 0 fully saturated rings. The molecular weight excluding hydrogens is 444 g/mol. The van der Waals surface area contributed by atoms with Crippen LogP contribution in [0.4, 0.5) is 5.69 Å². The van der Waals surface area contributed by atoms with E-state index in [1.54, 1.807) is 4.57 Å². The average Bonchev–Trinajstić information content (AvgIpc) is 3.42. The van der Waals surface area contributed by atoms with Crippen molar-refractivity contribution in [1.82, 2.24) is 24.3 Å². The molecule has 3 aromatic heterocycles. The van der Waals surface area contributed by atoms with Crippen LogP contribution in [-0.4, -0.2) is 30.2 Å². The minimum Gasteiger partial charge on any atom is -0.337 e. The molecule has 0 unspecified atom stereocenters. The maximum Gasteiger partial charge on any atom is 0.278 e. The summed E-state index contributed by atoms with van der Waals surface area (Å²) in [6.07, 6.45) is 3.09. The van der Waals surface area contributed by atoms with Gasteiger partial charge < -0.3 is 14.4 Å². The average molecular weight is 471 g/mol. The molecule has 1 N–H and O–H groups in total. The Bertz CT molecular complexity index is 1610. The normalized spacial score (nSPS) is 11.4. The molecule has 0 bridgehead atoms. The van der Waals surface area contributed by atoms with Crippen LogP contribution in [0, 0.1) is 13.8 Å². The molecule has 0 radical (unpaired) electrons. The number of carbonyl (C=O) groups excluding carboxylic acids is 1. The zero-order chi connectivity index (χ0) is 24.5. The minimum absolute atomic E-state index is 0.0282. The molecule has 2 aromatic carbocycles. The summed E-state index contributed by atoms with van der Waals surface area (Å²) in [4.78, 5) is 35.6. The molecule has 3 heterocycles. The fraction of sp³-hybridized carbons (Fsp3) is 0.269. The molecule has 9 heteroatoms. The van der Waals surface area contributed by atoms with Crippen LogP contribution in [-0.2, 0) is 24.3 Å². The predicted octanol–water partition coefficient (Wildman–Crippen LogP) is 3.99. The molecular formula is C26H26N6O3. The summed E-state index contributed by atoms with van der Waals surface area (Å²) in [5.74, 6) is 0.728. The van der Waals surface area contributed by atoms with Crippen LogP contribution in [0.1, 0.15) is 36.2 Å². The van der Waals surface area contributed by atoms with Crippen molar-refractivity contribution in [2.24, 2.45) is 0 Å². The molecule has 5 aromatic rings. The fourth-order valence-electron chi connectivity index (χ4n) is 4.27. The molecule has 0 aliphatic rings. The number of benzene rings is 2. The van der Waals surface area contributed by atoms with Gasteiger partial charge in [-0.1, -0.05) is 42.4 Å². The van der Waals surface area contributed by atoms with Crippen molar-refractivity contribution in [1.29, 1.82) is 0 Å². The number of hydrogen-bond acceptors (Lipinski definition) is 6. The van der Waals surface area contributed by atoms with E-state index in [1.807, 2.05) is 63.2 Å². The summed E-state index contributed by atoms with van der Waals surface area (Å²) in [7, 11) is 0. The number of amides is 1. The van der Waals surface area contributed by atoms with Crippen LogP contribution in [0.2, 0.25) is 0 Å². The molecule has 178 valence electrons. The van der Waals surface area contributed by atoms with Gasteiger partial charge in [0.05, 0.1) is 11.8 Å². The van der Waals surface area contributed by atoms with Gasteiger partial charge in [0, 0.05) is 17.5 Å². The second-order valence-electron chi connectivity index (χ2n) is 8.63. The Hall–Kier alpha value is -4.27. The maximum atomic E-state index is 13.6. The zero-order valence-corrected chi connectivity index (χ0v) is 19.9. The number of para-hydroxylation sites is 1. The Morgan fingerprint density at radius 2 is 1.94 bits per heavy atom. The SMILES string of the molecule is CCCc1noc(Cn2cnc3c4ccccc4n(CC(=O)Nc4cccc(C)c4C)c3c2=O)n1. The van der Waals surface area contributed by atoms with E-state index in [4.69, 9.17) is 4.52 Å². The first-order chi connectivity index (χ1) is 17.0. The Morgan fingerprint density at radius 1 is 1.11 bits per heavy atom. The van der Waals surface area contributed by atoms with Gasteiger partial charge in [0.1, 0.15) is 24.1 Å². The molecule has 35 heavy (non-hydrogen) atoms. The van der Waals surface area contributed by atoms with E-state index in [1.165, 1.54) is 10.9 Å². The van der Waals surface area contributed by atoms with Gasteiger partial charge in [-0.25, -0.2) is 4.98 Å². The quantitative estimate of drug-likeness (QED) is 0.385. The first-order valence-corrected chi connectivity index (χ1v) is 11.6. The molecule has 9 nitrogen and oxygen atoms in total. The summed E-state index contributed by atoms with van der Waals surface area (Å²) in [5.41, 5.74) is 4.26. The van der Waals surface area contributed by atoms with Gasteiger partial charge in [0.2, 0.25) is 11.8 Å². The lowest BCUT2D eigenvalue weighted by atomic mass is 10.1. The largest absolute Gasteiger partial charge is 0.337 e. The summed E-state index contributed by atoms with van der Waals surface area (Å²) in [5, 5.41) is 7.76. The van der Waals surface area contributed by atoms with Crippen molar-refractivity contribution in [2.75, 3.05) is 5.32 Å². The van der Waals surface area contributed by atoms with Crippen molar-refractivity contribution in [3.8, 4) is 0 Å². The van der Waals surface area contributed by atoms with E-state index in [-0.39, 0.29) is 24.6 Å². The number of nitrogens with one attached hydrogen (secondary N) is 1. The maximum absolute atomic E-state index is 13.6. The third-order valence-electron chi connectivity index (χ3n) is 6.20. The fourth-order valence-corrected chi connectivity index (χ4v) is 4.27. The van der Waals surface area contributed by atoms with Gasteiger partial charge in [0.25, 0.3) is 5.56 Å². The van der Waals surface area contributed by atoms with Crippen LogP contribution < -0.4 is 10.9 Å². The van der Waals surface area contributed by atoms with Gasteiger partial charge in [-0.15, -0.1) is 0 Å². The molecule has 0 atom stereocenters. The minimum atomic E-state index is -0.277. The summed E-state index contributed by atoms with van der Waals surface area (Å²) < 4.78 is 8.47. The number of anilines is 1. The van der Waals surface area contributed by atoms with Crippen LogP contribution >= 0.6 is 0 Å². The van der Waals surface area contributed by atoms with Crippen molar-refractivity contribution >= 4 is 33.5 Å². The van der Waals surface area contributed by atoms with E-state index >= 15 is 0 Å². The van der Waals surface area contributed by atoms with E-state index in [2.05, 4.69) is 20.4 Å². The predicted molar refractivity (Wildman–Crippen MR) is 133 cm³/mol. The lowest BCUT2D eigenvalue weighted by Crippen LogP contribution is -2.25. The van der Waals surface area contributed by atoms with Crippen molar-refractivity contribution in [2.45, 2.75) is 46.7 Å². The molecule has 0 spiro atoms. The van der Waals surface area contributed by atoms with Gasteiger partial charge in [-0.2, -0.15) is 4.98 Å². The number of rotatable bonds is 7. The lowest BCUT2D eigenvalue weighted by Gasteiger charge is -2.12. The van der Waals surface area contributed by atoms with E-state index < -0.39 is 0 Å². The van der Waals surface area contributed by atoms with E-state index in [0.717, 1.165) is 34.1 Å². The Labute approximate surface area is 201 Å². The molecule has 1 amide bonds. The first-order valence-electron chi connectivity index (χ1n) is 11.6. The number of carbonyl (C=O) groups is 1. The Morgan fingerprint density at radius 3 is 2.77 bits per heavy atom. The van der Waals surface area contributed by atoms with E-state index in [9.17, 15) is 9.59 Å². The Balaban J connectivity index is 1.54. The summed E-state index contributed by atoms with van der Waals surface area (Å²) in [6, 6.07) is 13.3. The smallest absolute Gasteiger partial charge is 0.278 e. The zero-order valence-electron chi connectivity index (χ0n) is 19.9. The number of hydrogen-bond donors (Lipinski definition) is 1. The van der Waals surface area contributed by atoms with E-state index in [0.29, 0.717) is 29.2 Å². The van der Waals surface area contributed by atoms with Crippen molar-refractivity contribution < 1.29 is 9.32 Å². The van der Waals surface area contributed by atoms with Gasteiger partial charge in [0.15, 0.2) is 5.82 Å². The van der Waals surface area contributed by atoms with Crippen LogP contribution in [0.15, 0.2) is 58.1 Å². The highest BCUT2D eigenvalue weighted by atomic mass is 16.5. The van der Waals surface area contributed by atoms with Crippen LogP contribution in [0.5, 0.6) is 0 Å². The first kappa shape index (κ1) is 22.5. The number of aryl methyl sites for hydroxylation is 2. The topological polar surface area (TPSA) is 108 Å². The number of aromatic nitrogens is 5. The second-order valence-corrected chi connectivity index (χ2v) is 8.63.